The Morgan fingerprint density at radius 1 is 1.27 bits per heavy atom. The molecule has 1 atom stereocenters. The van der Waals surface area contributed by atoms with Crippen LogP contribution in [-0.2, 0) is 20.0 Å². The van der Waals surface area contributed by atoms with E-state index in [-0.39, 0.29) is 5.76 Å². The van der Waals surface area contributed by atoms with Gasteiger partial charge in [-0.25, -0.2) is 31.0 Å². The van der Waals surface area contributed by atoms with E-state index < -0.39 is 36.1 Å². The van der Waals surface area contributed by atoms with Crippen LogP contribution in [0.2, 0.25) is 0 Å². The topological polar surface area (TPSA) is 132 Å². The molecule has 126 valence electrons. The predicted octanol–water partition coefficient (Wildman–Crippen LogP) is -0.176. The summed E-state index contributed by atoms with van der Waals surface area (Å²) in [4.78, 5) is -0.423. The van der Waals surface area contributed by atoms with Crippen molar-refractivity contribution in [3.05, 3.63) is 17.0 Å². The molecule has 2 N–H and O–H groups in total. The number of hydroxylamine groups is 1. The molecule has 0 saturated heterocycles. The van der Waals surface area contributed by atoms with Gasteiger partial charge in [0.1, 0.15) is 4.90 Å². The van der Waals surface area contributed by atoms with Crippen LogP contribution in [0, 0.1) is 5.21 Å². The molecule has 1 aromatic rings. The van der Waals surface area contributed by atoms with E-state index in [4.69, 9.17) is 4.42 Å². The smallest absolute Gasteiger partial charge is 0.273 e. The molecule has 0 aliphatic heterocycles. The van der Waals surface area contributed by atoms with Gasteiger partial charge < -0.3 is 9.62 Å². The van der Waals surface area contributed by atoms with Gasteiger partial charge >= 0.3 is 0 Å². The second-order valence-electron chi connectivity index (χ2n) is 4.46. The molecule has 22 heavy (non-hydrogen) atoms. The molecule has 9 nitrogen and oxygen atoms in total. The van der Waals surface area contributed by atoms with Gasteiger partial charge in [0.25, 0.3) is 10.0 Å². The van der Waals surface area contributed by atoms with Crippen molar-refractivity contribution < 1.29 is 26.0 Å². The quantitative estimate of drug-likeness (QED) is 0.303. The Balaban J connectivity index is 3.56. The summed E-state index contributed by atoms with van der Waals surface area (Å²) >= 11 is 0. The van der Waals surface area contributed by atoms with Gasteiger partial charge in [-0.3, -0.25) is 0 Å². The monoisotopic (exact) mass is 353 g/mol. The van der Waals surface area contributed by atoms with Crippen LogP contribution in [0.25, 0.3) is 0 Å². The lowest BCUT2D eigenvalue weighted by Gasteiger charge is -2.09. The summed E-state index contributed by atoms with van der Waals surface area (Å²) in [6.45, 7) is 3.43. The first-order valence-corrected chi connectivity index (χ1v) is 9.37. The number of rotatable bonds is 7. The summed E-state index contributed by atoms with van der Waals surface area (Å²) in [5.74, 6) is -0.349. The first kappa shape index (κ1) is 18.6. The molecule has 0 amide bonds. The lowest BCUT2D eigenvalue weighted by atomic mass is 10.3. The van der Waals surface area contributed by atoms with Crippen LogP contribution in [0.5, 0.6) is 0 Å². The highest BCUT2D eigenvalue weighted by molar-refractivity contribution is 7.90. The average Bonchev–Trinajstić information content (AvgIpc) is 2.91. The maximum absolute atomic E-state index is 11.9. The number of hydrogen-bond acceptors (Lipinski definition) is 6. The minimum absolute atomic E-state index is 0.349. The van der Waals surface area contributed by atoms with Crippen molar-refractivity contribution in [3.63, 3.8) is 0 Å². The summed E-state index contributed by atoms with van der Waals surface area (Å²) in [6, 6.07) is 0.438. The normalized spacial score (nSPS) is 15.0. The molecule has 0 radical (unpaired) electrons. The van der Waals surface area contributed by atoms with E-state index in [1.165, 1.54) is 7.05 Å². The molecule has 1 rings (SSSR count). The number of furan rings is 1. The number of nitrogens with one attached hydrogen (secondary N) is 2. The molecule has 0 bridgehead atoms. The van der Waals surface area contributed by atoms with E-state index in [9.17, 15) is 22.0 Å². The van der Waals surface area contributed by atoms with E-state index in [1.54, 1.807) is 13.8 Å². The van der Waals surface area contributed by atoms with E-state index in [0.717, 1.165) is 19.3 Å². The molecule has 0 saturated carbocycles. The van der Waals surface area contributed by atoms with E-state index >= 15 is 0 Å². The molecule has 1 unspecified atom stereocenters. The first-order chi connectivity index (χ1) is 10.1. The minimum Gasteiger partial charge on any atom is -0.624 e. The van der Waals surface area contributed by atoms with Crippen molar-refractivity contribution in [2.24, 2.45) is 0 Å². The average molecular weight is 353 g/mol. The maximum Gasteiger partial charge on any atom is 0.273 e. The van der Waals surface area contributed by atoms with E-state index in [0.29, 0.717) is 11.2 Å². The van der Waals surface area contributed by atoms with Crippen molar-refractivity contribution in [2.75, 3.05) is 14.1 Å². The molecule has 0 fully saturated rings. The van der Waals surface area contributed by atoms with Crippen LogP contribution in [0.3, 0.4) is 0 Å². The van der Waals surface area contributed by atoms with Crippen LogP contribution in [-0.4, -0.2) is 47.9 Å². The molecule has 11 heteroatoms. The van der Waals surface area contributed by atoms with Crippen molar-refractivity contribution in [2.45, 2.75) is 36.3 Å². The molecule has 0 aromatic carbocycles. The standard InChI is InChI=1S/C11H19N3O6S2/c1-5-8(2)14(15)7-9-10(21(16,17)12-3)6-11(20-9)22(18,19)13-4/h6-8,12-13H,5H2,1-4H3. The molecular formula is C11H19N3O6S2. The van der Waals surface area contributed by atoms with E-state index in [2.05, 4.69) is 4.72 Å². The SMILES string of the molecule is CCC(C)[N+]([O-])=Cc1oc(S(=O)(=O)NC)cc1S(=O)(=O)NC. The molecule has 0 aliphatic rings. The Kier molecular flexibility index (Phi) is 5.73. The lowest BCUT2D eigenvalue weighted by Crippen LogP contribution is -2.21. The molecule has 1 aromatic heterocycles. The third-order valence-electron chi connectivity index (χ3n) is 3.06. The van der Waals surface area contributed by atoms with Crippen molar-refractivity contribution in [1.82, 2.24) is 9.44 Å². The summed E-state index contributed by atoms with van der Waals surface area (Å²) < 4.78 is 57.0. The third kappa shape index (κ3) is 3.85. The zero-order chi connectivity index (χ0) is 17.1. The Hall–Kier alpha value is -1.43. The first-order valence-electron chi connectivity index (χ1n) is 6.40. The number of sulfonamides is 2. The Bertz CT molecular complexity index is 764. The molecule has 0 aliphatic carbocycles. The van der Waals surface area contributed by atoms with Crippen LogP contribution >= 0.6 is 0 Å². The van der Waals surface area contributed by atoms with Crippen LogP contribution in [0.15, 0.2) is 20.5 Å². The summed E-state index contributed by atoms with van der Waals surface area (Å²) in [7, 11) is -5.64. The fraction of sp³-hybridized carbons (Fsp3) is 0.545. The van der Waals surface area contributed by atoms with Crippen LogP contribution < -0.4 is 9.44 Å². The largest absolute Gasteiger partial charge is 0.624 e. The van der Waals surface area contributed by atoms with Crippen LogP contribution in [0.1, 0.15) is 26.0 Å². The van der Waals surface area contributed by atoms with Gasteiger partial charge in [-0.2, -0.15) is 0 Å². The van der Waals surface area contributed by atoms with Gasteiger partial charge in [0, 0.05) is 12.5 Å². The van der Waals surface area contributed by atoms with Crippen molar-refractivity contribution >= 4 is 26.3 Å². The number of nitrogens with zero attached hydrogens (tertiary/aromatic N) is 1. The van der Waals surface area contributed by atoms with Crippen LogP contribution in [0.4, 0.5) is 0 Å². The van der Waals surface area contributed by atoms with Gasteiger partial charge in [0.2, 0.25) is 27.1 Å². The van der Waals surface area contributed by atoms with E-state index in [1.807, 2.05) is 4.72 Å². The van der Waals surface area contributed by atoms with Gasteiger partial charge in [-0.1, -0.05) is 6.92 Å². The van der Waals surface area contributed by atoms with Crippen molar-refractivity contribution in [1.29, 1.82) is 0 Å². The molecular weight excluding hydrogens is 334 g/mol. The zero-order valence-corrected chi connectivity index (χ0v) is 14.3. The van der Waals surface area contributed by atoms with Gasteiger partial charge in [-0.15, -0.1) is 0 Å². The van der Waals surface area contributed by atoms with Gasteiger partial charge in [0.15, 0.2) is 6.04 Å². The van der Waals surface area contributed by atoms with Gasteiger partial charge in [-0.05, 0) is 21.0 Å². The fourth-order valence-corrected chi connectivity index (χ4v) is 3.02. The van der Waals surface area contributed by atoms with Crippen molar-refractivity contribution in [3.8, 4) is 0 Å². The minimum atomic E-state index is -3.99. The highest BCUT2D eigenvalue weighted by Crippen LogP contribution is 2.22. The Morgan fingerprint density at radius 3 is 2.27 bits per heavy atom. The predicted molar refractivity (Wildman–Crippen MR) is 79.7 cm³/mol. The Morgan fingerprint density at radius 2 is 1.82 bits per heavy atom. The Labute approximate surface area is 129 Å². The molecule has 0 spiro atoms. The highest BCUT2D eigenvalue weighted by Gasteiger charge is 2.28. The van der Waals surface area contributed by atoms with Gasteiger partial charge in [0.05, 0.1) is 0 Å². The zero-order valence-electron chi connectivity index (χ0n) is 12.7. The third-order valence-corrected chi connectivity index (χ3v) is 5.77. The summed E-state index contributed by atoms with van der Waals surface area (Å²) in [5, 5.41) is 11.3. The second kappa shape index (κ2) is 6.77. The maximum atomic E-state index is 11.9. The number of hydrogen-bond donors (Lipinski definition) is 2. The second-order valence-corrected chi connectivity index (χ2v) is 8.13. The summed E-state index contributed by atoms with van der Waals surface area (Å²) in [5.41, 5.74) is 0. The summed E-state index contributed by atoms with van der Waals surface area (Å²) in [6.07, 6.45) is 1.45. The molecule has 1 heterocycles. The fourth-order valence-electron chi connectivity index (χ4n) is 1.43. The lowest BCUT2D eigenvalue weighted by molar-refractivity contribution is -0.492. The highest BCUT2D eigenvalue weighted by atomic mass is 32.2.